The van der Waals surface area contributed by atoms with Crippen LogP contribution in [0.15, 0.2) is 24.3 Å². The minimum absolute atomic E-state index is 0.199. The van der Waals surface area contributed by atoms with E-state index in [2.05, 4.69) is 14.8 Å². The summed E-state index contributed by atoms with van der Waals surface area (Å²) in [5, 5.41) is 9.81. The summed E-state index contributed by atoms with van der Waals surface area (Å²) in [6.45, 7) is 8.35. The van der Waals surface area contributed by atoms with Crippen molar-refractivity contribution in [1.29, 1.82) is 0 Å². The number of aromatic nitrogens is 1. The number of hydrogen-bond acceptors (Lipinski definition) is 5. The molecule has 3 fully saturated rings. The number of fused-ring (bicyclic) bond motifs is 1. The predicted molar refractivity (Wildman–Crippen MR) is 137 cm³/mol. The van der Waals surface area contributed by atoms with Gasteiger partial charge in [0.15, 0.2) is 0 Å². The maximum Gasteiger partial charge on any atom is 0.352 e. The number of H-pyrrole nitrogens is 1. The fraction of sp³-hybridized carbons (Fsp3) is 0.667. The van der Waals surface area contributed by atoms with Crippen molar-refractivity contribution in [3.63, 3.8) is 0 Å². The monoisotopic (exact) mass is 470 g/mol. The van der Waals surface area contributed by atoms with Gasteiger partial charge in [-0.1, -0.05) is 25.3 Å². The number of ether oxygens (including phenoxy) is 1. The molecule has 2 saturated heterocycles. The third kappa shape index (κ3) is 7.20. The average molecular weight is 471 g/mol. The zero-order valence-corrected chi connectivity index (χ0v) is 20.5. The Morgan fingerprint density at radius 3 is 2.26 bits per heavy atom. The van der Waals surface area contributed by atoms with E-state index < -0.39 is 5.97 Å². The first kappa shape index (κ1) is 25.0. The van der Waals surface area contributed by atoms with Gasteiger partial charge in [0.2, 0.25) is 0 Å². The highest BCUT2D eigenvalue weighted by atomic mass is 16.5. The minimum atomic E-state index is -0.948. The van der Waals surface area contributed by atoms with Gasteiger partial charge in [0.1, 0.15) is 11.4 Å². The van der Waals surface area contributed by atoms with Crippen LogP contribution < -0.4 is 10.5 Å². The van der Waals surface area contributed by atoms with E-state index in [1.165, 1.54) is 97.1 Å². The molecule has 3 aliphatic rings. The van der Waals surface area contributed by atoms with Crippen LogP contribution in [0, 0.1) is 5.92 Å². The van der Waals surface area contributed by atoms with Gasteiger partial charge in [-0.15, -0.1) is 0 Å². The summed E-state index contributed by atoms with van der Waals surface area (Å²) in [7, 11) is 0. The second-order valence-corrected chi connectivity index (χ2v) is 10.2. The summed E-state index contributed by atoms with van der Waals surface area (Å²) >= 11 is 0. The van der Waals surface area contributed by atoms with E-state index in [1.54, 1.807) is 6.07 Å². The SMILES string of the molecule is NC1CCN(CCN2CCCCCC2)CC1.O=C(O)c1cc2c(OCC3CCC3)cccc2[nH]1. The van der Waals surface area contributed by atoms with Crippen molar-refractivity contribution >= 4 is 16.9 Å². The maximum absolute atomic E-state index is 10.9. The van der Waals surface area contributed by atoms with Crippen molar-refractivity contribution in [3.05, 3.63) is 30.0 Å². The van der Waals surface area contributed by atoms with Gasteiger partial charge < -0.3 is 30.4 Å². The lowest BCUT2D eigenvalue weighted by Gasteiger charge is -2.32. The van der Waals surface area contributed by atoms with Gasteiger partial charge in [0.25, 0.3) is 0 Å². The topological polar surface area (TPSA) is 94.8 Å². The zero-order chi connectivity index (χ0) is 23.8. The highest BCUT2D eigenvalue weighted by Gasteiger charge is 2.19. The normalized spacial score (nSPS) is 20.9. The van der Waals surface area contributed by atoms with Crippen molar-refractivity contribution in [2.24, 2.45) is 11.7 Å². The van der Waals surface area contributed by atoms with E-state index in [0.29, 0.717) is 12.0 Å². The molecule has 34 heavy (non-hydrogen) atoms. The van der Waals surface area contributed by atoms with Crippen LogP contribution in [0.2, 0.25) is 0 Å². The lowest BCUT2D eigenvalue weighted by molar-refractivity contribution is 0.0691. The largest absolute Gasteiger partial charge is 0.493 e. The van der Waals surface area contributed by atoms with Crippen molar-refractivity contribution < 1.29 is 14.6 Å². The third-order valence-corrected chi connectivity index (χ3v) is 7.62. The van der Waals surface area contributed by atoms with Crippen molar-refractivity contribution in [3.8, 4) is 5.75 Å². The molecule has 1 aromatic heterocycles. The summed E-state index contributed by atoms with van der Waals surface area (Å²) < 4.78 is 5.80. The molecule has 0 atom stereocenters. The first-order valence-corrected chi connectivity index (χ1v) is 13.3. The summed E-state index contributed by atoms with van der Waals surface area (Å²) in [6, 6.07) is 7.72. The fourth-order valence-corrected chi connectivity index (χ4v) is 5.05. The second kappa shape index (κ2) is 12.6. The Kier molecular flexibility index (Phi) is 9.25. The Morgan fingerprint density at radius 2 is 1.65 bits per heavy atom. The van der Waals surface area contributed by atoms with Crippen molar-refractivity contribution in [1.82, 2.24) is 14.8 Å². The number of carboxylic acids is 1. The number of benzene rings is 1. The lowest BCUT2D eigenvalue weighted by Crippen LogP contribution is -2.43. The van der Waals surface area contributed by atoms with Crippen LogP contribution in [0.5, 0.6) is 5.75 Å². The molecule has 2 aliphatic heterocycles. The van der Waals surface area contributed by atoms with Crippen LogP contribution in [0.1, 0.15) is 68.3 Å². The van der Waals surface area contributed by atoms with Crippen molar-refractivity contribution in [2.45, 2.75) is 63.8 Å². The number of aromatic amines is 1. The third-order valence-electron chi connectivity index (χ3n) is 7.62. The van der Waals surface area contributed by atoms with Crippen molar-refractivity contribution in [2.75, 3.05) is 45.9 Å². The van der Waals surface area contributed by atoms with Gasteiger partial charge in [-0.3, -0.25) is 0 Å². The van der Waals surface area contributed by atoms with Gasteiger partial charge in [-0.25, -0.2) is 4.79 Å². The van der Waals surface area contributed by atoms with E-state index in [0.717, 1.165) is 23.3 Å². The van der Waals surface area contributed by atoms with Crippen LogP contribution >= 0.6 is 0 Å². The van der Waals surface area contributed by atoms with E-state index in [4.69, 9.17) is 15.6 Å². The van der Waals surface area contributed by atoms with E-state index in [-0.39, 0.29) is 5.69 Å². The van der Waals surface area contributed by atoms with Crippen LogP contribution in [-0.4, -0.2) is 77.8 Å². The Hall–Kier alpha value is -2.09. The number of rotatable bonds is 7. The van der Waals surface area contributed by atoms with Crippen LogP contribution in [0.4, 0.5) is 0 Å². The lowest BCUT2D eigenvalue weighted by atomic mass is 9.86. The van der Waals surface area contributed by atoms with Gasteiger partial charge in [-0.05, 0) is 88.8 Å². The maximum atomic E-state index is 10.9. The summed E-state index contributed by atoms with van der Waals surface area (Å²) in [4.78, 5) is 19.0. The smallest absolute Gasteiger partial charge is 0.352 e. The quantitative estimate of drug-likeness (QED) is 0.558. The number of nitrogens with two attached hydrogens (primary N) is 1. The van der Waals surface area contributed by atoms with Crippen LogP contribution in [0.3, 0.4) is 0 Å². The number of likely N-dealkylation sites (tertiary alicyclic amines) is 2. The van der Waals surface area contributed by atoms with E-state index in [1.807, 2.05) is 18.2 Å². The molecule has 1 aromatic carbocycles. The Balaban J connectivity index is 0.000000162. The molecule has 1 saturated carbocycles. The Labute approximate surface area is 203 Å². The zero-order valence-electron chi connectivity index (χ0n) is 20.5. The number of carbonyl (C=O) groups is 1. The number of hydrogen-bond donors (Lipinski definition) is 3. The van der Waals surface area contributed by atoms with Crippen LogP contribution in [0.25, 0.3) is 10.9 Å². The molecule has 3 heterocycles. The van der Waals surface area contributed by atoms with Gasteiger partial charge in [0.05, 0.1) is 6.61 Å². The highest BCUT2D eigenvalue weighted by Crippen LogP contribution is 2.30. The molecule has 1 aliphatic carbocycles. The molecular formula is C27H42N4O3. The first-order chi connectivity index (χ1) is 16.6. The number of aromatic carboxylic acids is 1. The summed E-state index contributed by atoms with van der Waals surface area (Å²) in [5.74, 6) is 0.484. The number of carboxylic acid groups (broad SMARTS) is 1. The fourth-order valence-electron chi connectivity index (χ4n) is 5.05. The molecule has 0 bridgehead atoms. The molecule has 0 unspecified atom stereocenters. The number of nitrogens with one attached hydrogen (secondary N) is 1. The van der Waals surface area contributed by atoms with Crippen LogP contribution in [-0.2, 0) is 0 Å². The summed E-state index contributed by atoms with van der Waals surface area (Å²) in [5.41, 5.74) is 6.92. The van der Waals surface area contributed by atoms with Gasteiger partial charge in [0, 0.05) is 30.0 Å². The minimum Gasteiger partial charge on any atom is -0.493 e. The molecule has 7 nitrogen and oxygen atoms in total. The molecule has 7 heteroatoms. The molecule has 0 spiro atoms. The standard InChI is InChI=1S/C14H15NO3.C13H27N3/c16-14(17)12-7-10-11(15-12)5-2-6-13(10)18-8-9-3-1-4-9;14-13-5-9-16(10-6-13)12-11-15-7-3-1-2-4-8-15/h2,5-7,9,15H,1,3-4,8H2,(H,16,17);13H,1-12,14H2. The molecule has 0 amide bonds. The highest BCUT2D eigenvalue weighted by molar-refractivity contribution is 5.96. The molecule has 5 rings (SSSR count). The molecule has 0 radical (unpaired) electrons. The molecule has 188 valence electrons. The average Bonchev–Trinajstić information content (AvgIpc) is 3.09. The van der Waals surface area contributed by atoms with Gasteiger partial charge in [-0.2, -0.15) is 0 Å². The Morgan fingerprint density at radius 1 is 0.971 bits per heavy atom. The summed E-state index contributed by atoms with van der Waals surface area (Å²) in [6.07, 6.45) is 11.9. The van der Waals surface area contributed by atoms with E-state index in [9.17, 15) is 4.79 Å². The first-order valence-electron chi connectivity index (χ1n) is 13.3. The second-order valence-electron chi connectivity index (χ2n) is 10.2. The Bertz CT molecular complexity index is 894. The molecule has 4 N–H and O–H groups in total. The number of piperidine rings is 1. The van der Waals surface area contributed by atoms with E-state index >= 15 is 0 Å². The molecule has 2 aromatic rings. The number of nitrogens with zero attached hydrogens (tertiary/aromatic N) is 2. The van der Waals surface area contributed by atoms with Gasteiger partial charge >= 0.3 is 5.97 Å². The predicted octanol–water partition coefficient (Wildman–Crippen LogP) is 4.33. The molecular weight excluding hydrogens is 428 g/mol.